The molecule has 0 aromatic carbocycles. The Morgan fingerprint density at radius 3 is 2.63 bits per heavy atom. The number of nitrogens with zero attached hydrogens (tertiary/aromatic N) is 5. The predicted octanol–water partition coefficient (Wildman–Crippen LogP) is 0.901. The van der Waals surface area contributed by atoms with E-state index in [0.29, 0.717) is 38.4 Å². The van der Waals surface area contributed by atoms with Crippen LogP contribution in [0.4, 0.5) is 5.82 Å². The molecule has 2 aromatic heterocycles. The molecule has 0 spiro atoms. The molecule has 1 unspecified atom stereocenters. The van der Waals surface area contributed by atoms with Gasteiger partial charge in [-0.15, -0.1) is 9.24 Å². The minimum Gasteiger partial charge on any atom is -0.364 e. The third-order valence-electron chi connectivity index (χ3n) is 5.73. The smallest absolute Gasteiger partial charge is 0.267 e. The van der Waals surface area contributed by atoms with Crippen molar-refractivity contribution in [2.24, 2.45) is 11.7 Å². The van der Waals surface area contributed by atoms with Crippen LogP contribution in [0.5, 0.6) is 0 Å². The number of hydrogen-bond donors (Lipinski definition) is 1. The summed E-state index contributed by atoms with van der Waals surface area (Å²) < 4.78 is 0. The van der Waals surface area contributed by atoms with E-state index < -0.39 is 5.91 Å². The molecule has 2 N–H and O–H groups in total. The summed E-state index contributed by atoms with van der Waals surface area (Å²) in [5.74, 6) is -0.0319. The average Bonchev–Trinajstić information content (AvgIpc) is 3.25. The molecule has 30 heavy (non-hydrogen) atoms. The Morgan fingerprint density at radius 2 is 1.93 bits per heavy atom. The van der Waals surface area contributed by atoms with Gasteiger partial charge in [-0.25, -0.2) is 15.0 Å². The van der Waals surface area contributed by atoms with Crippen molar-refractivity contribution in [1.82, 2.24) is 20.0 Å². The lowest BCUT2D eigenvalue weighted by Crippen LogP contribution is -2.42. The van der Waals surface area contributed by atoms with E-state index in [2.05, 4.69) is 30.3 Å². The maximum absolute atomic E-state index is 13.2. The lowest BCUT2D eigenvalue weighted by molar-refractivity contribution is -0.182. The molecule has 0 saturated carbocycles. The maximum atomic E-state index is 13.2. The van der Waals surface area contributed by atoms with Crippen LogP contribution >= 0.6 is 9.24 Å². The monoisotopic (exact) mass is 428 g/mol. The number of pyridine rings is 1. The van der Waals surface area contributed by atoms with Crippen molar-refractivity contribution in [2.75, 3.05) is 24.6 Å². The molecule has 2 saturated heterocycles. The highest BCUT2D eigenvalue weighted by atomic mass is 31.0. The molecule has 0 aliphatic carbocycles. The van der Waals surface area contributed by atoms with Crippen molar-refractivity contribution < 1.29 is 14.4 Å². The van der Waals surface area contributed by atoms with Crippen molar-refractivity contribution in [3.63, 3.8) is 0 Å². The molecule has 2 aliphatic rings. The molecule has 2 amide bonds. The van der Waals surface area contributed by atoms with Crippen LogP contribution < -0.4 is 15.9 Å². The van der Waals surface area contributed by atoms with Crippen LogP contribution in [0.1, 0.15) is 47.1 Å². The number of nitrogens with two attached hydrogens (primary N) is 1. The van der Waals surface area contributed by atoms with E-state index in [1.165, 1.54) is 6.33 Å². The van der Waals surface area contributed by atoms with Gasteiger partial charge in [-0.1, -0.05) is 0 Å². The summed E-state index contributed by atoms with van der Waals surface area (Å²) >= 11 is 0. The Morgan fingerprint density at radius 1 is 1.17 bits per heavy atom. The van der Waals surface area contributed by atoms with Crippen molar-refractivity contribution in [3.8, 4) is 0 Å². The summed E-state index contributed by atoms with van der Waals surface area (Å²) in [4.78, 5) is 44.9. The molecule has 4 heterocycles. The van der Waals surface area contributed by atoms with E-state index in [9.17, 15) is 9.59 Å². The molecule has 10 heteroatoms. The first-order valence-corrected chi connectivity index (χ1v) is 10.6. The van der Waals surface area contributed by atoms with Crippen molar-refractivity contribution >= 4 is 32.2 Å². The van der Waals surface area contributed by atoms with Gasteiger partial charge >= 0.3 is 0 Å². The molecule has 2 atom stereocenters. The fourth-order valence-corrected chi connectivity index (χ4v) is 4.20. The minimum atomic E-state index is -0.583. The molecule has 0 radical (unpaired) electrons. The van der Waals surface area contributed by atoms with Gasteiger partial charge in [0.15, 0.2) is 0 Å². The van der Waals surface area contributed by atoms with Crippen LogP contribution in [0.25, 0.3) is 0 Å². The number of amides is 2. The Bertz CT molecular complexity index is 963. The molecule has 0 bridgehead atoms. The molecule has 4 rings (SSSR count). The number of hydroxylamine groups is 2. The number of hydrogen-bond acceptors (Lipinski definition) is 7. The lowest BCUT2D eigenvalue weighted by atomic mass is 9.94. The number of aromatic nitrogens is 3. The summed E-state index contributed by atoms with van der Waals surface area (Å²) in [5.41, 5.74) is 7.44. The third-order valence-corrected chi connectivity index (χ3v) is 6.31. The van der Waals surface area contributed by atoms with Gasteiger partial charge in [-0.3, -0.25) is 19.4 Å². The van der Waals surface area contributed by atoms with Gasteiger partial charge in [0.25, 0.3) is 5.91 Å². The van der Waals surface area contributed by atoms with Gasteiger partial charge in [0, 0.05) is 43.4 Å². The topological polar surface area (TPSA) is 115 Å². The number of anilines is 1. The van der Waals surface area contributed by atoms with Crippen LogP contribution in [-0.2, 0) is 9.63 Å². The minimum absolute atomic E-state index is 0.0172. The SMILES string of the molecule is Cc1ncc([C@@H]2CCON2C(=O)C2CCN(c3cc(C(N)=O)ncn3)CC2)cc1P. The maximum Gasteiger partial charge on any atom is 0.267 e. The average molecular weight is 428 g/mol. The lowest BCUT2D eigenvalue weighted by Gasteiger charge is -2.34. The first kappa shape index (κ1) is 20.6. The van der Waals surface area contributed by atoms with Gasteiger partial charge in [0.2, 0.25) is 5.91 Å². The third kappa shape index (κ3) is 4.13. The Hall–Kier alpha value is -2.64. The van der Waals surface area contributed by atoms with Crippen LogP contribution in [0, 0.1) is 12.8 Å². The van der Waals surface area contributed by atoms with E-state index >= 15 is 0 Å². The summed E-state index contributed by atoms with van der Waals surface area (Å²) in [7, 11) is 2.69. The number of aryl methyl sites for hydroxylation is 1. The molecule has 158 valence electrons. The van der Waals surface area contributed by atoms with Crippen LogP contribution in [0.2, 0.25) is 0 Å². The highest BCUT2D eigenvalue weighted by molar-refractivity contribution is 7.27. The fraction of sp³-hybridized carbons (Fsp3) is 0.450. The second-order valence-corrected chi connectivity index (χ2v) is 8.25. The zero-order chi connectivity index (χ0) is 21.3. The molecule has 2 aromatic rings. The summed E-state index contributed by atoms with van der Waals surface area (Å²) in [5, 5.41) is 2.58. The van der Waals surface area contributed by atoms with E-state index in [1.54, 1.807) is 11.1 Å². The van der Waals surface area contributed by atoms with Crippen molar-refractivity contribution in [1.29, 1.82) is 0 Å². The second-order valence-electron chi connectivity index (χ2n) is 7.63. The van der Waals surface area contributed by atoms with E-state index in [-0.39, 0.29) is 23.6 Å². The van der Waals surface area contributed by atoms with Gasteiger partial charge in [-0.2, -0.15) is 0 Å². The normalized spacial score (nSPS) is 19.9. The largest absolute Gasteiger partial charge is 0.364 e. The number of carbonyl (C=O) groups is 2. The Balaban J connectivity index is 1.42. The van der Waals surface area contributed by atoms with Gasteiger partial charge in [0.05, 0.1) is 12.6 Å². The first-order valence-electron chi connectivity index (χ1n) is 9.99. The summed E-state index contributed by atoms with van der Waals surface area (Å²) in [6, 6.07) is 3.54. The summed E-state index contributed by atoms with van der Waals surface area (Å²) in [6.07, 6.45) is 5.29. The predicted molar refractivity (Wildman–Crippen MR) is 114 cm³/mol. The van der Waals surface area contributed by atoms with Crippen LogP contribution in [-0.4, -0.2) is 51.5 Å². The molecule has 2 aliphatic heterocycles. The number of carbonyl (C=O) groups excluding carboxylic acids is 2. The highest BCUT2D eigenvalue weighted by Gasteiger charge is 2.37. The van der Waals surface area contributed by atoms with Crippen molar-refractivity contribution in [3.05, 3.63) is 41.6 Å². The highest BCUT2D eigenvalue weighted by Crippen LogP contribution is 2.33. The van der Waals surface area contributed by atoms with Gasteiger partial charge in [-0.05, 0) is 36.7 Å². The van der Waals surface area contributed by atoms with Crippen LogP contribution in [0.3, 0.4) is 0 Å². The van der Waals surface area contributed by atoms with Crippen molar-refractivity contribution in [2.45, 2.75) is 32.2 Å². The van der Waals surface area contributed by atoms with Crippen LogP contribution in [0.15, 0.2) is 24.7 Å². The van der Waals surface area contributed by atoms with Gasteiger partial charge in [0.1, 0.15) is 17.8 Å². The fourth-order valence-electron chi connectivity index (χ4n) is 3.93. The first-order chi connectivity index (χ1) is 14.4. The number of primary amides is 1. The van der Waals surface area contributed by atoms with E-state index in [4.69, 9.17) is 10.6 Å². The Kier molecular flexibility index (Phi) is 5.92. The molecule has 2 fully saturated rings. The van der Waals surface area contributed by atoms with Gasteiger partial charge < -0.3 is 10.6 Å². The standard InChI is InChI=1S/C20H25N6O3P/c1-12-17(30)8-14(10-22-12)16-4-7-29-26(16)20(28)13-2-5-25(6-3-13)18-9-15(19(21)27)23-11-24-18/h8-11,13,16H,2-7,30H2,1H3,(H2,21,27)/t16-/m0/s1. The molecular weight excluding hydrogens is 403 g/mol. The molecular formula is C20H25N6O3P. The number of rotatable bonds is 4. The molecule has 9 nitrogen and oxygen atoms in total. The zero-order valence-corrected chi connectivity index (χ0v) is 18.0. The zero-order valence-electron chi connectivity index (χ0n) is 16.8. The number of piperidine rings is 1. The summed E-state index contributed by atoms with van der Waals surface area (Å²) in [6.45, 7) is 3.79. The Labute approximate surface area is 177 Å². The van der Waals surface area contributed by atoms with E-state index in [1.807, 2.05) is 18.0 Å². The quantitative estimate of drug-likeness (QED) is 0.720. The van der Waals surface area contributed by atoms with E-state index in [0.717, 1.165) is 23.0 Å². The second kappa shape index (κ2) is 8.62.